The van der Waals surface area contributed by atoms with Gasteiger partial charge in [-0.25, -0.2) is 24.1 Å². The molecule has 4 heterocycles. The quantitative estimate of drug-likeness (QED) is 0.0801. The van der Waals surface area contributed by atoms with E-state index in [1.54, 1.807) is 60.3 Å². The van der Waals surface area contributed by atoms with Crippen LogP contribution in [-0.2, 0) is 17.8 Å². The summed E-state index contributed by atoms with van der Waals surface area (Å²) in [6.07, 6.45) is 2.29. The van der Waals surface area contributed by atoms with Gasteiger partial charge in [0.05, 0.1) is 30.0 Å². The zero-order chi connectivity index (χ0) is 46.5. The first-order chi connectivity index (χ1) is 31.9. The van der Waals surface area contributed by atoms with E-state index in [0.717, 1.165) is 26.2 Å². The number of benzene rings is 4. The molecule has 1 aliphatic rings. The lowest BCUT2D eigenvalue weighted by molar-refractivity contribution is -0.145. The Morgan fingerprint density at radius 1 is 0.879 bits per heavy atom. The minimum Gasteiger partial charge on any atom is -0.508 e. The molecule has 14 nitrogen and oxygen atoms in total. The van der Waals surface area contributed by atoms with Crippen LogP contribution >= 0.6 is 23.2 Å². The Kier molecular flexibility index (Phi) is 14.2. The zero-order valence-electron chi connectivity index (χ0n) is 36.3. The number of aliphatic hydroxyl groups is 1. The average molecular weight is 938 g/mol. The van der Waals surface area contributed by atoms with Crippen LogP contribution in [0.3, 0.4) is 0 Å². The second-order valence-electron chi connectivity index (χ2n) is 15.9. The molecule has 3 N–H and O–H groups in total. The lowest BCUT2D eigenvalue weighted by atomic mass is 9.94. The van der Waals surface area contributed by atoms with E-state index >= 15 is 0 Å². The van der Waals surface area contributed by atoms with E-state index in [-0.39, 0.29) is 47.2 Å². The monoisotopic (exact) mass is 936 g/mol. The number of methoxy groups -OCH3 is 1. The van der Waals surface area contributed by atoms with Crippen molar-refractivity contribution in [3.05, 3.63) is 136 Å². The van der Waals surface area contributed by atoms with Crippen molar-refractivity contribution < 1.29 is 43.5 Å². The third-order valence-corrected chi connectivity index (χ3v) is 12.3. The van der Waals surface area contributed by atoms with Crippen molar-refractivity contribution in [1.82, 2.24) is 29.2 Å². The number of hydrogen-bond acceptors (Lipinski definition) is 12. The van der Waals surface area contributed by atoms with Crippen molar-refractivity contribution in [3.63, 3.8) is 0 Å². The fourth-order valence-corrected chi connectivity index (χ4v) is 8.54. The summed E-state index contributed by atoms with van der Waals surface area (Å²) in [7, 11) is 3.64. The van der Waals surface area contributed by atoms with Crippen molar-refractivity contribution in [3.8, 4) is 62.5 Å². The number of piperazine rings is 1. The minimum atomic E-state index is -1.56. The molecule has 0 saturated carbocycles. The van der Waals surface area contributed by atoms with Gasteiger partial charge in [-0.1, -0.05) is 53.5 Å². The van der Waals surface area contributed by atoms with Crippen molar-refractivity contribution in [2.24, 2.45) is 0 Å². The Labute approximate surface area is 390 Å². The highest BCUT2D eigenvalue weighted by Crippen LogP contribution is 2.48. The average Bonchev–Trinajstić information content (AvgIpc) is 3.62. The van der Waals surface area contributed by atoms with Crippen LogP contribution in [0.15, 0.2) is 104 Å². The molecule has 2 atom stereocenters. The number of para-hydroxylation sites is 1. The summed E-state index contributed by atoms with van der Waals surface area (Å²) in [4.78, 5) is 31.2. The molecule has 0 radical (unpaired) electrons. The number of carboxylic acids is 1. The van der Waals surface area contributed by atoms with Crippen LogP contribution in [0, 0.1) is 12.7 Å². The Morgan fingerprint density at radius 3 is 2.38 bits per heavy atom. The maximum atomic E-state index is 14.3. The van der Waals surface area contributed by atoms with Crippen LogP contribution in [0.4, 0.5) is 4.39 Å². The Bertz CT molecular complexity index is 2860. The van der Waals surface area contributed by atoms with Crippen LogP contribution in [0.5, 0.6) is 28.9 Å². The molecular weight excluding hydrogens is 890 g/mol. The van der Waals surface area contributed by atoms with Crippen molar-refractivity contribution in [2.75, 3.05) is 53.5 Å². The van der Waals surface area contributed by atoms with Gasteiger partial charge in [0, 0.05) is 74.4 Å². The maximum absolute atomic E-state index is 14.3. The number of fused-ring (bicyclic) bond motifs is 1. The predicted octanol–water partition coefficient (Wildman–Crippen LogP) is 8.23. The summed E-state index contributed by atoms with van der Waals surface area (Å²) in [6.45, 7) is 5.60. The van der Waals surface area contributed by atoms with E-state index in [1.807, 2.05) is 31.2 Å². The topological polar surface area (TPSA) is 164 Å². The number of phenolic OH excluding ortho intramolecular Hbond substituents is 1. The van der Waals surface area contributed by atoms with Gasteiger partial charge in [-0.2, -0.15) is 0 Å². The maximum Gasteiger partial charge on any atom is 0.345 e. The van der Waals surface area contributed by atoms with Gasteiger partial charge in [-0.05, 0) is 85.3 Å². The SMILES string of the molecule is COc1ccccc1-c1nccc(COc2ccc(O)cc2CC(Oc2nccn3c(Cl)c(-c4ccc(F)cc4)c(-c4ccc(OC(CO)CN5CCN(C)CC5)c(Cl)c4C)c23)C(=O)O)n1. The number of halogens is 3. The summed E-state index contributed by atoms with van der Waals surface area (Å²) < 4.78 is 40.3. The number of carboxylic acid groups (broad SMARTS) is 1. The van der Waals surface area contributed by atoms with E-state index < -0.39 is 24.0 Å². The molecule has 66 heavy (non-hydrogen) atoms. The molecular formula is C49H47Cl2FN6O8. The van der Waals surface area contributed by atoms with Gasteiger partial charge in [-0.15, -0.1) is 0 Å². The van der Waals surface area contributed by atoms with E-state index in [0.29, 0.717) is 74.0 Å². The molecule has 4 aromatic carbocycles. The molecule has 0 spiro atoms. The summed E-state index contributed by atoms with van der Waals surface area (Å²) >= 11 is 14.3. The Hall–Kier alpha value is -6.49. The highest BCUT2D eigenvalue weighted by atomic mass is 35.5. The molecule has 1 aliphatic heterocycles. The third kappa shape index (κ3) is 10.0. The summed E-state index contributed by atoms with van der Waals surface area (Å²) in [5.74, 6) is -0.270. The van der Waals surface area contributed by atoms with E-state index in [1.165, 1.54) is 30.5 Å². The van der Waals surface area contributed by atoms with Crippen molar-refractivity contribution in [2.45, 2.75) is 32.2 Å². The summed E-state index contributed by atoms with van der Waals surface area (Å²) in [5, 5.41) is 32.1. The van der Waals surface area contributed by atoms with E-state index in [4.69, 9.17) is 42.1 Å². The number of ether oxygens (including phenoxy) is 4. The lowest BCUT2D eigenvalue weighted by Gasteiger charge is -2.34. The number of phenols is 1. The first kappa shape index (κ1) is 46.1. The standard InChI is InChI=1S/C49H47Cl2FN6O8/c1-29-36(13-15-40(44(29)50)65-35(27-59)26-57-22-20-56(2)21-23-57)43-42(30-8-10-32(52)11-9-30)46(51)58-19-18-54-48(45(43)58)66-41(49(61)62)25-31-24-34(60)12-14-38(31)64-28-33-16-17-53-47(55-33)37-6-4-5-7-39(37)63-3/h4-19,24,35,41,59-60H,20-23,25-28H2,1-3H3,(H,61,62). The van der Waals surface area contributed by atoms with Gasteiger partial charge in [0.15, 0.2) is 5.82 Å². The Balaban J connectivity index is 1.13. The second kappa shape index (κ2) is 20.4. The molecule has 17 heteroatoms. The van der Waals surface area contributed by atoms with Gasteiger partial charge >= 0.3 is 5.97 Å². The van der Waals surface area contributed by atoms with Crippen LogP contribution in [0.2, 0.25) is 10.2 Å². The smallest absolute Gasteiger partial charge is 0.345 e. The summed E-state index contributed by atoms with van der Waals surface area (Å²) in [6, 6.07) is 22.8. The molecule has 0 aliphatic carbocycles. The number of carbonyl (C=O) groups is 1. The first-order valence-electron chi connectivity index (χ1n) is 21.1. The van der Waals surface area contributed by atoms with Gasteiger partial charge in [0.1, 0.15) is 52.2 Å². The number of hydrogen-bond donors (Lipinski definition) is 3. The molecule has 342 valence electrons. The van der Waals surface area contributed by atoms with Gasteiger partial charge < -0.3 is 43.6 Å². The number of aromatic nitrogens is 4. The minimum absolute atomic E-state index is 0.0112. The van der Waals surface area contributed by atoms with Crippen LogP contribution in [-0.4, -0.2) is 116 Å². The zero-order valence-corrected chi connectivity index (χ0v) is 37.8. The predicted molar refractivity (Wildman–Crippen MR) is 248 cm³/mol. The number of aliphatic carboxylic acids is 1. The van der Waals surface area contributed by atoms with Crippen LogP contribution < -0.4 is 18.9 Å². The van der Waals surface area contributed by atoms with E-state index in [9.17, 15) is 24.5 Å². The number of likely N-dealkylation sites (N-methyl/N-ethyl adjacent to an activating group) is 1. The second-order valence-corrected chi connectivity index (χ2v) is 16.6. The highest BCUT2D eigenvalue weighted by molar-refractivity contribution is 6.35. The summed E-state index contributed by atoms with van der Waals surface area (Å²) in [5.41, 5.74) is 4.58. The molecule has 1 fully saturated rings. The molecule has 1 saturated heterocycles. The largest absolute Gasteiger partial charge is 0.508 e. The number of nitrogens with zero attached hydrogens (tertiary/aromatic N) is 6. The van der Waals surface area contributed by atoms with Gasteiger partial charge in [0.25, 0.3) is 0 Å². The molecule has 3 aromatic heterocycles. The van der Waals surface area contributed by atoms with Crippen LogP contribution in [0.1, 0.15) is 16.8 Å². The molecule has 0 amide bonds. The highest BCUT2D eigenvalue weighted by Gasteiger charge is 2.30. The van der Waals surface area contributed by atoms with Crippen molar-refractivity contribution >= 4 is 34.7 Å². The first-order valence-corrected chi connectivity index (χ1v) is 21.9. The fourth-order valence-electron chi connectivity index (χ4n) is 7.99. The van der Waals surface area contributed by atoms with Crippen LogP contribution in [0.25, 0.3) is 39.2 Å². The molecule has 2 unspecified atom stereocenters. The van der Waals surface area contributed by atoms with Crippen molar-refractivity contribution in [1.29, 1.82) is 0 Å². The number of aliphatic hydroxyl groups excluding tert-OH is 1. The normalized spacial score (nSPS) is 14.2. The number of rotatable bonds is 17. The van der Waals surface area contributed by atoms with E-state index in [2.05, 4.69) is 31.8 Å². The molecule has 8 rings (SSSR count). The molecule has 0 bridgehead atoms. The third-order valence-electron chi connectivity index (χ3n) is 11.5. The van der Waals surface area contributed by atoms with Gasteiger partial charge in [0.2, 0.25) is 12.0 Å². The molecule has 7 aromatic rings. The fraction of sp³-hybridized carbons (Fsp3) is 0.265. The van der Waals surface area contributed by atoms with Gasteiger partial charge in [-0.3, -0.25) is 4.90 Å². The number of aromatic hydroxyl groups is 1. The lowest BCUT2D eigenvalue weighted by Crippen LogP contribution is -2.48. The Morgan fingerprint density at radius 2 is 1.64 bits per heavy atom.